The third-order valence-corrected chi connectivity index (χ3v) is 7.85. The number of aromatic amines is 1. The summed E-state index contributed by atoms with van der Waals surface area (Å²) in [6, 6.07) is 0. The van der Waals surface area contributed by atoms with Gasteiger partial charge in [0.25, 0.3) is 5.56 Å². The number of phosphoric ester groups is 1. The van der Waals surface area contributed by atoms with Gasteiger partial charge in [0, 0.05) is 6.42 Å². The maximum Gasteiger partial charge on any atom is 0.472 e. The molecule has 4 aromatic heterocycles. The van der Waals surface area contributed by atoms with Gasteiger partial charge in [-0.25, -0.2) is 33.3 Å². The number of nitrogens with zero attached hydrogens (tertiary/aromatic N) is 7. The van der Waals surface area contributed by atoms with Crippen LogP contribution in [0.5, 0.6) is 0 Å². The van der Waals surface area contributed by atoms with Gasteiger partial charge >= 0.3 is 7.82 Å². The summed E-state index contributed by atoms with van der Waals surface area (Å²) in [6.45, 7) is 1.13. The lowest BCUT2D eigenvalue weighted by atomic mass is 10.1. The molecular formula is C21H25F2N10O7P. The van der Waals surface area contributed by atoms with Crippen molar-refractivity contribution in [3.8, 4) is 0 Å². The Bertz CT molecular complexity index is 1700. The van der Waals surface area contributed by atoms with Crippen LogP contribution >= 0.6 is 7.82 Å². The van der Waals surface area contributed by atoms with E-state index in [4.69, 9.17) is 30.0 Å². The molecule has 0 amide bonds. The summed E-state index contributed by atoms with van der Waals surface area (Å²) >= 11 is 0. The van der Waals surface area contributed by atoms with E-state index in [9.17, 15) is 18.6 Å². The summed E-state index contributed by atoms with van der Waals surface area (Å²) in [6.07, 6.45) is -5.82. The molecule has 6 heterocycles. The Morgan fingerprint density at radius 2 is 1.85 bits per heavy atom. The standard InChI is InChI=1S/C21H25F2N10O7P/c1-2-10-14(11(23)20(39-10)33-7-29-13-17(33)30-21(25)31-18(13)34)40-41(35,36)37-4-8-3-9(22)19(38-8)32-6-28-12-15(24)26-5-27-16(12)32/h5-11,14,19-20H,2-4H2,1H3,(H,35,36)(H2,24,26,27)(H3,25,30,31,34)/t8-,9+,10+,11+,14+,19+,20+/m0/s1. The lowest BCUT2D eigenvalue weighted by Crippen LogP contribution is -2.31. The van der Waals surface area contributed by atoms with Crippen LogP contribution in [0.15, 0.2) is 23.8 Å². The largest absolute Gasteiger partial charge is 0.472 e. The Labute approximate surface area is 228 Å². The number of ether oxygens (including phenoxy) is 2. The van der Waals surface area contributed by atoms with E-state index in [-0.39, 0.29) is 46.9 Å². The average molecular weight is 598 g/mol. The van der Waals surface area contributed by atoms with E-state index in [1.807, 2.05) is 0 Å². The maximum absolute atomic E-state index is 15.6. The Kier molecular flexibility index (Phi) is 6.95. The molecule has 6 rings (SSSR count). The van der Waals surface area contributed by atoms with Gasteiger partial charge in [0.1, 0.15) is 24.1 Å². The number of hydrogen-bond acceptors (Lipinski definition) is 13. The minimum absolute atomic E-state index is 0.0358. The Morgan fingerprint density at radius 1 is 1.12 bits per heavy atom. The van der Waals surface area contributed by atoms with Gasteiger partial charge in [0.05, 0.1) is 31.5 Å². The number of hydrogen-bond donors (Lipinski definition) is 4. The lowest BCUT2D eigenvalue weighted by Gasteiger charge is -2.22. The SMILES string of the molecule is CC[C@H]1O[C@@H](n2cnc3c(=O)[nH]c(N)nc32)[C@H](F)[C@@H]1OP(=O)(O)OC[C@@H]1C[C@@H](F)[C@H](n2cnc3c(N)ncnc32)O1. The summed E-state index contributed by atoms with van der Waals surface area (Å²) in [5.41, 5.74) is 11.2. The second-order valence-electron chi connectivity index (χ2n) is 9.51. The first-order chi connectivity index (χ1) is 19.6. The molecule has 20 heteroatoms. The highest BCUT2D eigenvalue weighted by Crippen LogP contribution is 2.50. The first-order valence-corrected chi connectivity index (χ1v) is 14.0. The van der Waals surface area contributed by atoms with Crippen LogP contribution in [-0.4, -0.2) is 81.2 Å². The van der Waals surface area contributed by atoms with E-state index in [2.05, 4.69) is 29.9 Å². The molecule has 0 saturated carbocycles. The molecule has 220 valence electrons. The van der Waals surface area contributed by atoms with Crippen molar-refractivity contribution < 1.29 is 36.8 Å². The summed E-state index contributed by atoms with van der Waals surface area (Å²) in [5, 5.41) is 0. The summed E-state index contributed by atoms with van der Waals surface area (Å²) in [7, 11) is -4.89. The highest BCUT2D eigenvalue weighted by molar-refractivity contribution is 7.47. The van der Waals surface area contributed by atoms with Gasteiger partial charge in [-0.1, -0.05) is 6.92 Å². The summed E-state index contributed by atoms with van der Waals surface area (Å²) < 4.78 is 67.6. The van der Waals surface area contributed by atoms with Gasteiger partial charge in [-0.3, -0.25) is 28.0 Å². The number of H-pyrrole nitrogens is 1. The molecular weight excluding hydrogens is 573 g/mol. The van der Waals surface area contributed by atoms with E-state index in [1.54, 1.807) is 6.92 Å². The normalized spacial score (nSPS) is 29.9. The molecule has 2 fully saturated rings. The maximum atomic E-state index is 15.6. The zero-order chi connectivity index (χ0) is 29.1. The zero-order valence-corrected chi connectivity index (χ0v) is 22.2. The first kappa shape index (κ1) is 27.6. The molecule has 0 bridgehead atoms. The quantitative estimate of drug-likeness (QED) is 0.206. The number of rotatable bonds is 8. The Hall–Kier alpha value is -3.61. The number of nitrogens with one attached hydrogen (secondary N) is 1. The Balaban J connectivity index is 1.13. The van der Waals surface area contributed by atoms with Crippen molar-refractivity contribution in [2.45, 2.75) is 62.9 Å². The molecule has 0 aliphatic carbocycles. The second kappa shape index (κ2) is 10.3. The fourth-order valence-corrected chi connectivity index (χ4v) is 5.95. The summed E-state index contributed by atoms with van der Waals surface area (Å²) in [5.74, 6) is -0.0957. The predicted molar refractivity (Wildman–Crippen MR) is 135 cm³/mol. The highest BCUT2D eigenvalue weighted by Gasteiger charge is 2.50. The van der Waals surface area contributed by atoms with Crippen LogP contribution in [0.1, 0.15) is 32.2 Å². The van der Waals surface area contributed by atoms with Crippen molar-refractivity contribution in [3.63, 3.8) is 0 Å². The zero-order valence-electron chi connectivity index (χ0n) is 21.3. The third-order valence-electron chi connectivity index (χ3n) is 6.86. The molecule has 2 aliphatic heterocycles. The van der Waals surface area contributed by atoms with Gasteiger partial charge in [-0.05, 0) is 6.42 Å². The van der Waals surface area contributed by atoms with Gasteiger partial charge in [-0.15, -0.1) is 0 Å². The van der Waals surface area contributed by atoms with Gasteiger partial charge in [-0.2, -0.15) is 4.98 Å². The van der Waals surface area contributed by atoms with Crippen LogP contribution in [0, 0.1) is 0 Å². The van der Waals surface area contributed by atoms with Crippen LogP contribution in [0.2, 0.25) is 0 Å². The average Bonchev–Trinajstić information content (AvgIpc) is 3.69. The van der Waals surface area contributed by atoms with Crippen LogP contribution in [0.4, 0.5) is 20.5 Å². The number of anilines is 2. The molecule has 0 spiro atoms. The topological polar surface area (TPSA) is 233 Å². The van der Waals surface area contributed by atoms with Gasteiger partial charge in [0.2, 0.25) is 5.95 Å². The van der Waals surface area contributed by atoms with E-state index in [1.165, 1.54) is 17.2 Å². The van der Waals surface area contributed by atoms with E-state index >= 15 is 4.39 Å². The van der Waals surface area contributed by atoms with Crippen LogP contribution in [-0.2, 0) is 23.1 Å². The fraction of sp³-hybridized carbons (Fsp3) is 0.524. The Morgan fingerprint density at radius 3 is 2.61 bits per heavy atom. The van der Waals surface area contributed by atoms with Gasteiger partial charge < -0.3 is 25.8 Å². The first-order valence-electron chi connectivity index (χ1n) is 12.5. The molecule has 1 unspecified atom stereocenters. The molecule has 0 aromatic carbocycles. The summed E-state index contributed by atoms with van der Waals surface area (Å²) in [4.78, 5) is 44.7. The van der Waals surface area contributed by atoms with Crippen molar-refractivity contribution in [3.05, 3.63) is 29.3 Å². The number of halogens is 2. The number of phosphoric acid groups is 1. The monoisotopic (exact) mass is 598 g/mol. The molecule has 17 nitrogen and oxygen atoms in total. The number of imidazole rings is 2. The molecule has 41 heavy (non-hydrogen) atoms. The number of alkyl halides is 2. The number of fused-ring (bicyclic) bond motifs is 2. The lowest BCUT2D eigenvalue weighted by molar-refractivity contribution is -0.0415. The number of nitrogen functional groups attached to an aromatic ring is 2. The van der Waals surface area contributed by atoms with Crippen LogP contribution < -0.4 is 17.0 Å². The van der Waals surface area contributed by atoms with Crippen molar-refractivity contribution in [2.24, 2.45) is 0 Å². The van der Waals surface area contributed by atoms with Crippen molar-refractivity contribution in [2.75, 3.05) is 18.1 Å². The van der Waals surface area contributed by atoms with Crippen LogP contribution in [0.25, 0.3) is 22.3 Å². The molecule has 6 N–H and O–H groups in total. The minimum Gasteiger partial charge on any atom is -0.382 e. The highest BCUT2D eigenvalue weighted by atomic mass is 31.2. The van der Waals surface area contributed by atoms with Crippen molar-refractivity contribution >= 4 is 41.9 Å². The van der Waals surface area contributed by atoms with E-state index in [0.29, 0.717) is 0 Å². The molecule has 0 radical (unpaired) electrons. The third kappa shape index (κ3) is 4.93. The van der Waals surface area contributed by atoms with Crippen molar-refractivity contribution in [1.29, 1.82) is 0 Å². The van der Waals surface area contributed by atoms with E-state index < -0.39 is 63.1 Å². The van der Waals surface area contributed by atoms with Gasteiger partial charge in [0.15, 0.2) is 41.3 Å². The smallest absolute Gasteiger partial charge is 0.382 e. The predicted octanol–water partition coefficient (Wildman–Crippen LogP) is 0.897. The fourth-order valence-electron chi connectivity index (χ4n) is 4.97. The van der Waals surface area contributed by atoms with E-state index in [0.717, 1.165) is 10.9 Å². The molecule has 4 aromatic rings. The van der Waals surface area contributed by atoms with Crippen LogP contribution in [0.3, 0.4) is 0 Å². The minimum atomic E-state index is -4.89. The van der Waals surface area contributed by atoms with Crippen molar-refractivity contribution in [1.82, 2.24) is 39.0 Å². The number of aromatic nitrogens is 8. The second-order valence-corrected chi connectivity index (χ2v) is 10.9. The molecule has 8 atom stereocenters. The molecule has 2 saturated heterocycles. The number of nitrogens with two attached hydrogens (primary N) is 2. The molecule has 2 aliphatic rings.